The zero-order chi connectivity index (χ0) is 24.3. The summed E-state index contributed by atoms with van der Waals surface area (Å²) in [6.07, 6.45) is 3.88. The first-order valence-corrected chi connectivity index (χ1v) is 14.0. The van der Waals surface area contributed by atoms with Crippen molar-refractivity contribution in [2.24, 2.45) is 5.92 Å². The van der Waals surface area contributed by atoms with Crippen LogP contribution in [0.2, 0.25) is 0 Å². The summed E-state index contributed by atoms with van der Waals surface area (Å²) >= 11 is 0. The molecule has 182 valence electrons. The van der Waals surface area contributed by atoms with E-state index in [1.54, 1.807) is 18.5 Å². The van der Waals surface area contributed by atoms with E-state index < -0.39 is 21.0 Å². The fourth-order valence-corrected chi connectivity index (χ4v) is 6.01. The third kappa shape index (κ3) is 5.60. The molecule has 4 rings (SSSR count). The summed E-state index contributed by atoms with van der Waals surface area (Å²) in [6, 6.07) is 5.97. The van der Waals surface area contributed by atoms with Crippen LogP contribution in [0.3, 0.4) is 0 Å². The molecule has 3 aromatic rings. The Morgan fingerprint density at radius 3 is 2.56 bits per heavy atom. The van der Waals surface area contributed by atoms with Gasteiger partial charge < -0.3 is 30.3 Å². The summed E-state index contributed by atoms with van der Waals surface area (Å²) in [5.41, 5.74) is 1.93. The quantitative estimate of drug-likeness (QED) is 0.235. The number of rotatable bonds is 9. The van der Waals surface area contributed by atoms with Crippen molar-refractivity contribution in [3.63, 3.8) is 0 Å². The molecule has 1 fully saturated rings. The molecule has 0 spiro atoms. The summed E-state index contributed by atoms with van der Waals surface area (Å²) < 4.78 is 25.1. The van der Waals surface area contributed by atoms with Crippen LogP contribution in [0.4, 0.5) is 17.5 Å². The van der Waals surface area contributed by atoms with Gasteiger partial charge in [-0.2, -0.15) is 14.9 Å². The molecule has 0 saturated carbocycles. The monoisotopic (exact) mass is 508 g/mol. The summed E-state index contributed by atoms with van der Waals surface area (Å²) in [5.74, 6) is 1.51. The number of aromatic nitrogens is 4. The van der Waals surface area contributed by atoms with Crippen LogP contribution in [-0.4, -0.2) is 53.8 Å². The van der Waals surface area contributed by atoms with Gasteiger partial charge in [-0.25, -0.2) is 4.98 Å². The van der Waals surface area contributed by atoms with Gasteiger partial charge in [-0.1, -0.05) is 12.1 Å². The SMILES string of the molecule is CCn1cnc2c(Nc3ccc(C([P+](=O)O)P(=O)(O)O)cc3)nc(NCC3CCNCC3)nc21. The number of hydrogen-bond donors (Lipinski definition) is 6. The fourth-order valence-electron chi connectivity index (χ4n) is 3.99. The molecule has 6 N–H and O–H groups in total. The highest BCUT2D eigenvalue weighted by Crippen LogP contribution is 2.62. The first-order chi connectivity index (χ1) is 16.3. The number of aryl methyl sites for hydroxylation is 1. The molecule has 0 radical (unpaired) electrons. The van der Waals surface area contributed by atoms with Crippen LogP contribution in [0.5, 0.6) is 0 Å². The van der Waals surface area contributed by atoms with E-state index in [1.165, 1.54) is 12.1 Å². The maximum atomic E-state index is 11.6. The lowest BCUT2D eigenvalue weighted by atomic mass is 9.98. The molecular weight excluding hydrogens is 480 g/mol. The molecule has 0 bridgehead atoms. The van der Waals surface area contributed by atoms with Gasteiger partial charge in [0.25, 0.3) is 0 Å². The summed E-state index contributed by atoms with van der Waals surface area (Å²) in [6.45, 7) is 5.47. The van der Waals surface area contributed by atoms with Crippen LogP contribution in [0.1, 0.15) is 30.7 Å². The van der Waals surface area contributed by atoms with Crippen molar-refractivity contribution < 1.29 is 23.8 Å². The highest BCUT2D eigenvalue weighted by molar-refractivity contribution is 7.64. The minimum atomic E-state index is -4.79. The predicted octanol–water partition coefficient (Wildman–Crippen LogP) is 2.91. The Kier molecular flexibility index (Phi) is 7.57. The van der Waals surface area contributed by atoms with Crippen molar-refractivity contribution in [2.75, 3.05) is 30.3 Å². The van der Waals surface area contributed by atoms with Crippen molar-refractivity contribution in [1.29, 1.82) is 0 Å². The summed E-state index contributed by atoms with van der Waals surface area (Å²) in [4.78, 5) is 42.0. The van der Waals surface area contributed by atoms with Crippen molar-refractivity contribution in [1.82, 2.24) is 24.8 Å². The molecule has 1 aliphatic heterocycles. The van der Waals surface area contributed by atoms with Gasteiger partial charge in [0, 0.05) is 24.3 Å². The maximum Gasteiger partial charge on any atom is 0.526 e. The van der Waals surface area contributed by atoms with Gasteiger partial charge in [-0.3, -0.25) is 4.57 Å². The summed E-state index contributed by atoms with van der Waals surface area (Å²) in [7, 11) is -7.90. The van der Waals surface area contributed by atoms with E-state index in [-0.39, 0.29) is 5.56 Å². The topological polar surface area (TPSA) is 175 Å². The Bertz CT molecular complexity index is 1210. The Morgan fingerprint density at radius 1 is 1.24 bits per heavy atom. The van der Waals surface area contributed by atoms with Crippen LogP contribution < -0.4 is 16.0 Å². The predicted molar refractivity (Wildman–Crippen MR) is 129 cm³/mol. The van der Waals surface area contributed by atoms with E-state index in [0.29, 0.717) is 41.1 Å². The van der Waals surface area contributed by atoms with Crippen LogP contribution >= 0.6 is 15.6 Å². The van der Waals surface area contributed by atoms with E-state index in [4.69, 9.17) is 0 Å². The number of nitrogens with zero attached hydrogens (tertiary/aromatic N) is 4. The smallest absolute Gasteiger partial charge is 0.354 e. The molecule has 14 heteroatoms. The number of benzene rings is 1. The van der Waals surface area contributed by atoms with Crippen molar-refractivity contribution in [3.8, 4) is 0 Å². The lowest BCUT2D eigenvalue weighted by molar-refractivity contribution is 0.366. The van der Waals surface area contributed by atoms with Gasteiger partial charge in [-0.15, -0.1) is 0 Å². The number of hydrogen-bond acceptors (Lipinski definition) is 8. The normalized spacial score (nSPS) is 16.4. The third-order valence-corrected chi connectivity index (χ3v) is 8.96. The second-order valence-corrected chi connectivity index (χ2v) is 11.4. The first-order valence-electron chi connectivity index (χ1n) is 11.0. The van der Waals surface area contributed by atoms with Gasteiger partial charge in [0.2, 0.25) is 5.95 Å². The first kappa shape index (κ1) is 24.7. The standard InChI is InChI=1S/C20H27N7O5P2/c1-2-27-12-23-16-17(25-20(26-18(16)27)22-11-13-7-9-21-10-8-13)24-15-5-3-14(4-6-15)19(33(28)29)34(30,31)32/h3-6,12-13,19,21H,2,7-11H2,1H3,(H4-,22,24,25,26,28,29,30,31,32)/p+1. The van der Waals surface area contributed by atoms with Gasteiger partial charge >= 0.3 is 21.0 Å². The Balaban J connectivity index is 1.59. The molecule has 1 aromatic carbocycles. The second-order valence-electron chi connectivity index (χ2n) is 8.19. The van der Waals surface area contributed by atoms with E-state index in [0.717, 1.165) is 32.5 Å². The number of fused-ring (bicyclic) bond motifs is 1. The zero-order valence-electron chi connectivity index (χ0n) is 18.6. The summed E-state index contributed by atoms with van der Waals surface area (Å²) in [5, 5.41) is 8.13. The van der Waals surface area contributed by atoms with Crippen molar-refractivity contribution in [3.05, 3.63) is 36.2 Å². The van der Waals surface area contributed by atoms with Crippen molar-refractivity contribution in [2.45, 2.75) is 31.7 Å². The van der Waals surface area contributed by atoms with E-state index >= 15 is 0 Å². The average Bonchev–Trinajstić information content (AvgIpc) is 3.22. The van der Waals surface area contributed by atoms with Gasteiger partial charge in [0.1, 0.15) is 0 Å². The van der Waals surface area contributed by atoms with Crippen LogP contribution in [0.25, 0.3) is 11.2 Å². The molecular formula is C20H28N7O5P2+. The molecule has 0 amide bonds. The Morgan fingerprint density at radius 2 is 1.94 bits per heavy atom. The lowest BCUT2D eigenvalue weighted by Crippen LogP contribution is -2.31. The zero-order valence-corrected chi connectivity index (χ0v) is 20.4. The molecule has 2 unspecified atom stereocenters. The van der Waals surface area contributed by atoms with Crippen LogP contribution in [-0.2, 0) is 15.7 Å². The molecule has 1 aliphatic rings. The number of piperidine rings is 1. The van der Waals surface area contributed by atoms with Gasteiger partial charge in [0.15, 0.2) is 17.0 Å². The van der Waals surface area contributed by atoms with E-state index in [1.807, 2.05) is 11.5 Å². The Labute approximate surface area is 197 Å². The minimum Gasteiger partial charge on any atom is -0.354 e. The van der Waals surface area contributed by atoms with Crippen LogP contribution in [0, 0.1) is 5.92 Å². The average molecular weight is 508 g/mol. The van der Waals surface area contributed by atoms with Crippen LogP contribution in [0.15, 0.2) is 30.6 Å². The van der Waals surface area contributed by atoms with E-state index in [2.05, 4.69) is 30.9 Å². The number of anilines is 3. The van der Waals surface area contributed by atoms with Crippen molar-refractivity contribution >= 4 is 44.2 Å². The molecule has 2 atom stereocenters. The maximum absolute atomic E-state index is 11.6. The molecule has 1 saturated heterocycles. The van der Waals surface area contributed by atoms with Gasteiger partial charge in [0.05, 0.1) is 6.33 Å². The Hall–Kier alpha value is -2.46. The third-order valence-electron chi connectivity index (χ3n) is 5.81. The fraction of sp³-hybridized carbons (Fsp3) is 0.450. The molecule has 34 heavy (non-hydrogen) atoms. The molecule has 2 aromatic heterocycles. The lowest BCUT2D eigenvalue weighted by Gasteiger charge is -2.22. The second kappa shape index (κ2) is 10.4. The molecule has 3 heterocycles. The van der Waals surface area contributed by atoms with E-state index in [9.17, 15) is 23.8 Å². The largest absolute Gasteiger partial charge is 0.526 e. The van der Waals surface area contributed by atoms with Gasteiger partial charge in [-0.05, 0) is 55.5 Å². The number of imidazole rings is 1. The highest BCUT2D eigenvalue weighted by Gasteiger charge is 2.46. The minimum absolute atomic E-state index is 0.0786. The number of nitrogens with one attached hydrogen (secondary N) is 3. The molecule has 0 aliphatic carbocycles. The molecule has 12 nitrogen and oxygen atoms in total. The highest BCUT2D eigenvalue weighted by atomic mass is 31.2.